The third-order valence-corrected chi connectivity index (χ3v) is 5.21. The number of hydrogen-bond donors (Lipinski definition) is 1. The number of benzene rings is 2. The highest BCUT2D eigenvalue weighted by atomic mass is 35.5. The molecule has 0 atom stereocenters. The van der Waals surface area contributed by atoms with Gasteiger partial charge >= 0.3 is 12.2 Å². The number of aliphatic hydroxyl groups excluding tert-OH is 1. The summed E-state index contributed by atoms with van der Waals surface area (Å²) in [7, 11) is 0. The van der Waals surface area contributed by atoms with E-state index in [0.29, 0.717) is 27.4 Å². The third-order valence-electron chi connectivity index (χ3n) is 4.92. The Hall–Kier alpha value is -3.57. The Kier molecular flexibility index (Phi) is 8.42. The van der Waals surface area contributed by atoms with Gasteiger partial charge in [0.2, 0.25) is 0 Å². The minimum Gasteiger partial charge on any atom is -0.442 e. The van der Waals surface area contributed by atoms with Gasteiger partial charge in [0.1, 0.15) is 22.8 Å². The van der Waals surface area contributed by atoms with Crippen molar-refractivity contribution in [2.24, 2.45) is 0 Å². The number of alkyl halides is 1. The van der Waals surface area contributed by atoms with Gasteiger partial charge in [-0.15, -0.1) is 11.6 Å². The lowest BCUT2D eigenvalue weighted by atomic mass is 10.1. The maximum Gasteiger partial charge on any atom is 0.435 e. The van der Waals surface area contributed by atoms with Crippen LogP contribution >= 0.6 is 11.6 Å². The first-order valence-corrected chi connectivity index (χ1v) is 12.1. The summed E-state index contributed by atoms with van der Waals surface area (Å²) in [5.74, 6) is -0.979. The highest BCUT2D eigenvalue weighted by Crippen LogP contribution is 2.22. The minimum absolute atomic E-state index is 0.0688. The molecule has 0 aliphatic heterocycles. The van der Waals surface area contributed by atoms with E-state index >= 15 is 0 Å². The molecular formula is C26H29ClF2N4O5. The van der Waals surface area contributed by atoms with Crippen LogP contribution in [-0.2, 0) is 22.0 Å². The number of halogens is 3. The maximum atomic E-state index is 13.7. The molecule has 0 saturated carbocycles. The largest absolute Gasteiger partial charge is 0.442 e. The van der Waals surface area contributed by atoms with E-state index in [1.54, 1.807) is 47.6 Å². The van der Waals surface area contributed by atoms with Crippen molar-refractivity contribution in [1.29, 1.82) is 0 Å². The topological polar surface area (TPSA) is 108 Å². The summed E-state index contributed by atoms with van der Waals surface area (Å²) < 4.78 is 39.8. The average Bonchev–Trinajstić information content (AvgIpc) is 3.39. The molecule has 0 unspecified atom stereocenters. The number of aliphatic hydroxyl groups is 1. The molecule has 12 heteroatoms. The van der Waals surface area contributed by atoms with E-state index in [1.807, 2.05) is 0 Å². The Morgan fingerprint density at radius 3 is 1.58 bits per heavy atom. The number of carbonyl (C=O) groups excluding carboxylic acids is 2. The number of hydrogen-bond acceptors (Lipinski definition) is 7. The first-order valence-electron chi connectivity index (χ1n) is 11.6. The molecule has 2 aromatic carbocycles. The molecule has 9 nitrogen and oxygen atoms in total. The molecule has 4 rings (SSSR count). The predicted octanol–water partition coefficient (Wildman–Crippen LogP) is 6.15. The highest BCUT2D eigenvalue weighted by molar-refractivity contribution is 6.17. The predicted molar refractivity (Wildman–Crippen MR) is 138 cm³/mol. The Morgan fingerprint density at radius 1 is 0.816 bits per heavy atom. The van der Waals surface area contributed by atoms with Crippen LogP contribution in [-0.4, -0.2) is 48.1 Å². The van der Waals surface area contributed by atoms with Crippen molar-refractivity contribution in [2.75, 3.05) is 0 Å². The quantitative estimate of drug-likeness (QED) is 0.298. The van der Waals surface area contributed by atoms with Gasteiger partial charge in [-0.3, -0.25) is 0 Å². The van der Waals surface area contributed by atoms with Crippen LogP contribution < -0.4 is 0 Å². The lowest BCUT2D eigenvalue weighted by molar-refractivity contribution is 0.0511. The standard InChI is InChI=1S/C13H14ClFN2O2.C13H15FN2O3/c1-13(2,3)19-12(18)17-11-5-10(15)8(6-14)4-9(11)7-16-17;1-13(2,3)19-12(18)16-11-5-10(14)9(7-17)4-8(11)6-15-16/h4-5,7H,6H2,1-3H3;4-6,17H,7H2,1-3H3. The van der Waals surface area contributed by atoms with Crippen LogP contribution in [0.25, 0.3) is 21.8 Å². The van der Waals surface area contributed by atoms with Gasteiger partial charge < -0.3 is 14.6 Å². The fraction of sp³-hybridized carbons (Fsp3) is 0.385. The second-order valence-electron chi connectivity index (χ2n) is 10.4. The van der Waals surface area contributed by atoms with Gasteiger partial charge in [0, 0.05) is 34.0 Å². The highest BCUT2D eigenvalue weighted by Gasteiger charge is 2.22. The molecule has 2 heterocycles. The van der Waals surface area contributed by atoms with Crippen molar-refractivity contribution in [2.45, 2.75) is 65.2 Å². The molecule has 0 spiro atoms. The van der Waals surface area contributed by atoms with Gasteiger partial charge in [0.25, 0.3) is 0 Å². The Morgan fingerprint density at radius 2 is 1.21 bits per heavy atom. The molecule has 0 aliphatic rings. The number of rotatable bonds is 2. The van der Waals surface area contributed by atoms with E-state index in [-0.39, 0.29) is 11.4 Å². The zero-order chi connectivity index (χ0) is 28.4. The van der Waals surface area contributed by atoms with Gasteiger partial charge in [-0.25, -0.2) is 18.4 Å². The number of ether oxygens (including phenoxy) is 2. The summed E-state index contributed by atoms with van der Waals surface area (Å²) >= 11 is 5.63. The van der Waals surface area contributed by atoms with E-state index in [1.165, 1.54) is 24.5 Å². The summed E-state index contributed by atoms with van der Waals surface area (Å²) in [6, 6.07) is 5.44. The second kappa shape index (κ2) is 11.0. The van der Waals surface area contributed by atoms with E-state index in [9.17, 15) is 18.4 Å². The fourth-order valence-corrected chi connectivity index (χ4v) is 3.52. The summed E-state index contributed by atoms with van der Waals surface area (Å²) in [6.45, 7) is 10.1. The number of nitrogens with zero attached hydrogens (tertiary/aromatic N) is 4. The number of aromatic nitrogens is 4. The summed E-state index contributed by atoms with van der Waals surface area (Å²) in [6.07, 6.45) is 1.60. The van der Waals surface area contributed by atoms with E-state index in [4.69, 9.17) is 26.2 Å². The zero-order valence-electron chi connectivity index (χ0n) is 21.9. The van der Waals surface area contributed by atoms with Gasteiger partial charge in [-0.05, 0) is 53.7 Å². The first-order chi connectivity index (χ1) is 17.6. The van der Waals surface area contributed by atoms with Crippen molar-refractivity contribution in [1.82, 2.24) is 19.6 Å². The third kappa shape index (κ3) is 6.84. The van der Waals surface area contributed by atoms with Gasteiger partial charge in [-0.2, -0.15) is 19.6 Å². The number of carbonyl (C=O) groups is 2. The van der Waals surface area contributed by atoms with E-state index in [2.05, 4.69) is 10.2 Å². The smallest absolute Gasteiger partial charge is 0.435 e. The van der Waals surface area contributed by atoms with Crippen molar-refractivity contribution >= 4 is 45.6 Å². The molecule has 1 N–H and O–H groups in total. The van der Waals surface area contributed by atoms with Crippen LogP contribution in [0.3, 0.4) is 0 Å². The van der Waals surface area contributed by atoms with Gasteiger partial charge in [-0.1, -0.05) is 0 Å². The zero-order valence-corrected chi connectivity index (χ0v) is 22.6. The van der Waals surface area contributed by atoms with Gasteiger partial charge in [0.15, 0.2) is 0 Å². The van der Waals surface area contributed by atoms with E-state index < -0.39 is 41.6 Å². The molecule has 0 aliphatic carbocycles. The normalized spacial score (nSPS) is 11.8. The SMILES string of the molecule is CC(C)(C)OC(=O)n1ncc2cc(CCl)c(F)cc21.CC(C)(C)OC(=O)n1ncc2cc(CO)c(F)cc21. The fourth-order valence-electron chi connectivity index (χ4n) is 3.32. The molecule has 0 fully saturated rings. The lowest BCUT2D eigenvalue weighted by Gasteiger charge is -2.19. The van der Waals surface area contributed by atoms with E-state index in [0.717, 1.165) is 15.4 Å². The van der Waals surface area contributed by atoms with Gasteiger partial charge in [0.05, 0.1) is 35.9 Å². The lowest BCUT2D eigenvalue weighted by Crippen LogP contribution is -2.27. The Bertz CT molecular complexity index is 1370. The molecule has 0 bridgehead atoms. The van der Waals surface area contributed by atoms with Crippen molar-refractivity contribution in [3.63, 3.8) is 0 Å². The summed E-state index contributed by atoms with van der Waals surface area (Å²) in [4.78, 5) is 23.8. The van der Waals surface area contributed by atoms with Crippen molar-refractivity contribution < 1.29 is 33.0 Å². The van der Waals surface area contributed by atoms with Crippen LogP contribution in [0.15, 0.2) is 36.7 Å². The van der Waals surface area contributed by atoms with Crippen LogP contribution in [0.5, 0.6) is 0 Å². The molecule has 0 radical (unpaired) electrons. The Balaban J connectivity index is 0.000000211. The summed E-state index contributed by atoms with van der Waals surface area (Å²) in [5, 5.41) is 18.0. The van der Waals surface area contributed by atoms with Crippen molar-refractivity contribution in [3.8, 4) is 0 Å². The first kappa shape index (κ1) is 29.0. The summed E-state index contributed by atoms with van der Waals surface area (Å²) in [5.41, 5.74) is -0.0816. The molecule has 0 saturated heterocycles. The molecule has 38 heavy (non-hydrogen) atoms. The van der Waals surface area contributed by atoms with Crippen molar-refractivity contribution in [3.05, 3.63) is 59.4 Å². The van der Waals surface area contributed by atoms with Crippen LogP contribution in [0.1, 0.15) is 52.7 Å². The molecule has 204 valence electrons. The monoisotopic (exact) mass is 550 g/mol. The second-order valence-corrected chi connectivity index (χ2v) is 10.6. The minimum atomic E-state index is -0.668. The molecular weight excluding hydrogens is 522 g/mol. The Labute approximate surface area is 222 Å². The molecule has 0 amide bonds. The van der Waals surface area contributed by atoms with Crippen LogP contribution in [0, 0.1) is 11.6 Å². The molecule has 4 aromatic rings. The maximum absolute atomic E-state index is 13.7. The van der Waals surface area contributed by atoms with Crippen LogP contribution in [0.4, 0.5) is 18.4 Å². The number of fused-ring (bicyclic) bond motifs is 2. The van der Waals surface area contributed by atoms with Crippen LogP contribution in [0.2, 0.25) is 0 Å². The molecule has 2 aromatic heterocycles. The average molecular weight is 551 g/mol.